The van der Waals surface area contributed by atoms with E-state index in [9.17, 15) is 8.78 Å². The van der Waals surface area contributed by atoms with Crippen LogP contribution in [0.3, 0.4) is 0 Å². The molecule has 1 atom stereocenters. The van der Waals surface area contributed by atoms with Crippen LogP contribution in [0.2, 0.25) is 5.02 Å². The van der Waals surface area contributed by atoms with E-state index in [0.29, 0.717) is 11.5 Å². The van der Waals surface area contributed by atoms with E-state index in [1.54, 1.807) is 31.2 Å². The summed E-state index contributed by atoms with van der Waals surface area (Å²) in [5.74, 6) is 1.05. The number of rotatable bonds is 6. The van der Waals surface area contributed by atoms with Gasteiger partial charge in [0.1, 0.15) is 22.6 Å². The molecular weight excluding hydrogens is 316 g/mol. The third-order valence-corrected chi connectivity index (χ3v) is 2.98. The van der Waals surface area contributed by atoms with Gasteiger partial charge in [-0.2, -0.15) is 0 Å². The predicted octanol–water partition coefficient (Wildman–Crippen LogP) is 4.22. The molecular formula is C15H14ClF2NO3. The average Bonchev–Trinajstić information content (AvgIpc) is 2.50. The van der Waals surface area contributed by atoms with Gasteiger partial charge in [-0.15, -0.1) is 0 Å². The van der Waals surface area contributed by atoms with E-state index >= 15 is 0 Å². The van der Waals surface area contributed by atoms with Crippen molar-refractivity contribution in [3.05, 3.63) is 47.1 Å². The molecule has 0 radical (unpaired) electrons. The smallest absolute Gasteiger partial charge is 0.265 e. The van der Waals surface area contributed by atoms with Gasteiger partial charge in [-0.05, 0) is 37.3 Å². The number of aromatic nitrogens is 1. The molecule has 0 spiro atoms. The monoisotopic (exact) mass is 329 g/mol. The largest absolute Gasteiger partial charge is 0.488 e. The van der Waals surface area contributed by atoms with Gasteiger partial charge in [-0.25, -0.2) is 13.8 Å². The first kappa shape index (κ1) is 16.5. The number of hydrogen-bond donors (Lipinski definition) is 1. The SMILES string of the molecule is CC(CO)Oc1ccc(Oc2ncc(C(F)F)cc2Cl)cc1. The summed E-state index contributed by atoms with van der Waals surface area (Å²) in [6.45, 7) is 1.65. The summed E-state index contributed by atoms with van der Waals surface area (Å²) >= 11 is 5.87. The fraction of sp³-hybridized carbons (Fsp3) is 0.267. The van der Waals surface area contributed by atoms with Crippen LogP contribution in [0, 0.1) is 0 Å². The molecule has 22 heavy (non-hydrogen) atoms. The van der Waals surface area contributed by atoms with E-state index in [0.717, 1.165) is 12.3 Å². The number of aliphatic hydroxyl groups excluding tert-OH is 1. The molecule has 1 heterocycles. The van der Waals surface area contributed by atoms with Crippen molar-refractivity contribution in [2.75, 3.05) is 6.61 Å². The third kappa shape index (κ3) is 4.29. The van der Waals surface area contributed by atoms with Crippen molar-refractivity contribution in [1.29, 1.82) is 0 Å². The average molecular weight is 330 g/mol. The number of halogens is 3. The van der Waals surface area contributed by atoms with Crippen LogP contribution in [0.25, 0.3) is 0 Å². The molecule has 1 aromatic carbocycles. The lowest BCUT2D eigenvalue weighted by Gasteiger charge is -2.12. The van der Waals surface area contributed by atoms with E-state index < -0.39 is 6.43 Å². The number of hydrogen-bond acceptors (Lipinski definition) is 4. The Morgan fingerprint density at radius 1 is 1.23 bits per heavy atom. The van der Waals surface area contributed by atoms with Crippen molar-refractivity contribution < 1.29 is 23.4 Å². The lowest BCUT2D eigenvalue weighted by molar-refractivity contribution is 0.129. The quantitative estimate of drug-likeness (QED) is 0.862. The zero-order valence-corrected chi connectivity index (χ0v) is 12.4. The maximum atomic E-state index is 12.5. The van der Waals surface area contributed by atoms with Crippen LogP contribution in [0.5, 0.6) is 17.4 Å². The molecule has 7 heteroatoms. The summed E-state index contributed by atoms with van der Waals surface area (Å²) in [7, 11) is 0. The molecule has 1 aromatic heterocycles. The number of alkyl halides is 2. The Morgan fingerprint density at radius 2 is 1.86 bits per heavy atom. The van der Waals surface area contributed by atoms with Gasteiger partial charge < -0.3 is 14.6 Å². The van der Waals surface area contributed by atoms with Crippen molar-refractivity contribution in [2.45, 2.75) is 19.5 Å². The summed E-state index contributed by atoms with van der Waals surface area (Å²) in [5.41, 5.74) is -0.265. The maximum absolute atomic E-state index is 12.5. The molecule has 0 amide bonds. The molecule has 118 valence electrons. The highest BCUT2D eigenvalue weighted by molar-refractivity contribution is 6.31. The number of pyridine rings is 1. The second-order valence-corrected chi connectivity index (χ2v) is 4.95. The lowest BCUT2D eigenvalue weighted by Crippen LogP contribution is -2.15. The molecule has 4 nitrogen and oxygen atoms in total. The standard InChI is InChI=1S/C15H14ClF2NO3/c1-9(8-20)21-11-2-4-12(5-3-11)22-15-13(16)6-10(7-19-15)14(17)18/h2-7,9,14,20H,8H2,1H3. The lowest BCUT2D eigenvalue weighted by atomic mass is 10.3. The molecule has 0 fully saturated rings. The van der Waals surface area contributed by atoms with Gasteiger partial charge in [0.2, 0.25) is 5.88 Å². The first-order valence-corrected chi connectivity index (χ1v) is 6.86. The third-order valence-electron chi connectivity index (χ3n) is 2.71. The maximum Gasteiger partial charge on any atom is 0.265 e. The number of ether oxygens (including phenoxy) is 2. The van der Waals surface area contributed by atoms with E-state index in [4.69, 9.17) is 26.2 Å². The molecule has 0 aliphatic carbocycles. The summed E-state index contributed by atoms with van der Waals surface area (Å²) in [5, 5.41) is 8.92. The summed E-state index contributed by atoms with van der Waals surface area (Å²) < 4.78 is 35.9. The first-order chi connectivity index (χ1) is 10.5. The molecule has 2 rings (SSSR count). The molecule has 1 N–H and O–H groups in total. The Balaban J connectivity index is 2.07. The number of aliphatic hydroxyl groups is 1. The van der Waals surface area contributed by atoms with Crippen LogP contribution in [0.4, 0.5) is 8.78 Å². The molecule has 2 aromatic rings. The highest BCUT2D eigenvalue weighted by Crippen LogP contribution is 2.31. The van der Waals surface area contributed by atoms with E-state index in [1.165, 1.54) is 0 Å². The fourth-order valence-corrected chi connectivity index (χ4v) is 1.82. The Kier molecular flexibility index (Phi) is 5.51. The van der Waals surface area contributed by atoms with Crippen LogP contribution in [-0.2, 0) is 0 Å². The highest BCUT2D eigenvalue weighted by atomic mass is 35.5. The summed E-state index contributed by atoms with van der Waals surface area (Å²) in [4.78, 5) is 3.78. The van der Waals surface area contributed by atoms with Crippen LogP contribution < -0.4 is 9.47 Å². The summed E-state index contributed by atoms with van der Waals surface area (Å²) in [6.07, 6.45) is -1.93. The number of nitrogens with zero attached hydrogens (tertiary/aromatic N) is 1. The van der Waals surface area contributed by atoms with Crippen LogP contribution in [0.1, 0.15) is 18.9 Å². The van der Waals surface area contributed by atoms with Gasteiger partial charge in [0.15, 0.2) is 0 Å². The van der Waals surface area contributed by atoms with Crippen LogP contribution in [0.15, 0.2) is 36.5 Å². The van der Waals surface area contributed by atoms with E-state index in [2.05, 4.69) is 4.98 Å². The molecule has 0 saturated heterocycles. The van der Waals surface area contributed by atoms with Gasteiger partial charge in [-0.1, -0.05) is 11.6 Å². The zero-order chi connectivity index (χ0) is 16.1. The topological polar surface area (TPSA) is 51.6 Å². The summed E-state index contributed by atoms with van der Waals surface area (Å²) in [6, 6.07) is 7.68. The van der Waals surface area contributed by atoms with Crippen molar-refractivity contribution in [3.63, 3.8) is 0 Å². The molecule has 0 saturated carbocycles. The van der Waals surface area contributed by atoms with Crippen molar-refractivity contribution in [2.24, 2.45) is 0 Å². The molecule has 1 unspecified atom stereocenters. The second-order valence-electron chi connectivity index (χ2n) is 4.54. The van der Waals surface area contributed by atoms with E-state index in [-0.39, 0.29) is 29.2 Å². The Labute approximate surface area is 131 Å². The minimum Gasteiger partial charge on any atom is -0.488 e. The minimum atomic E-state index is -2.64. The number of benzene rings is 1. The highest BCUT2D eigenvalue weighted by Gasteiger charge is 2.12. The molecule has 0 aliphatic rings. The first-order valence-electron chi connectivity index (χ1n) is 6.48. The Bertz CT molecular complexity index is 623. The fourth-order valence-electron chi connectivity index (χ4n) is 1.60. The normalized spacial score (nSPS) is 12.3. The van der Waals surface area contributed by atoms with E-state index in [1.807, 2.05) is 0 Å². The second kappa shape index (κ2) is 7.38. The van der Waals surface area contributed by atoms with Gasteiger partial charge in [0.05, 0.1) is 6.61 Å². The van der Waals surface area contributed by atoms with Gasteiger partial charge in [-0.3, -0.25) is 0 Å². The van der Waals surface area contributed by atoms with Crippen molar-refractivity contribution >= 4 is 11.6 Å². The molecule has 0 aliphatic heterocycles. The van der Waals surface area contributed by atoms with Gasteiger partial charge in [0, 0.05) is 11.8 Å². The minimum absolute atomic E-state index is 0.00651. The van der Waals surface area contributed by atoms with Crippen LogP contribution in [-0.4, -0.2) is 22.8 Å². The Morgan fingerprint density at radius 3 is 2.41 bits per heavy atom. The van der Waals surface area contributed by atoms with Gasteiger partial charge in [0.25, 0.3) is 6.43 Å². The van der Waals surface area contributed by atoms with Gasteiger partial charge >= 0.3 is 0 Å². The Hall–Kier alpha value is -1.92. The van der Waals surface area contributed by atoms with Crippen molar-refractivity contribution in [3.8, 4) is 17.4 Å². The molecule has 0 bridgehead atoms. The van der Waals surface area contributed by atoms with Crippen LogP contribution >= 0.6 is 11.6 Å². The zero-order valence-electron chi connectivity index (χ0n) is 11.7. The van der Waals surface area contributed by atoms with Crippen molar-refractivity contribution in [1.82, 2.24) is 4.98 Å². The predicted molar refractivity (Wildman–Crippen MR) is 77.9 cm³/mol.